The number of amides is 1. The first-order chi connectivity index (χ1) is 13.6. The van der Waals surface area contributed by atoms with Gasteiger partial charge in [0.25, 0.3) is 0 Å². The minimum atomic E-state index is -0.289. The number of nitrogens with zero attached hydrogens (tertiary/aromatic N) is 2. The van der Waals surface area contributed by atoms with Gasteiger partial charge in [-0.25, -0.2) is 9.37 Å². The largest absolute Gasteiger partial charge is 0.350 e. The van der Waals surface area contributed by atoms with Crippen molar-refractivity contribution in [2.24, 2.45) is 0 Å². The van der Waals surface area contributed by atoms with Crippen molar-refractivity contribution in [2.45, 2.75) is 20.0 Å². The lowest BCUT2D eigenvalue weighted by atomic mass is 10.1. The summed E-state index contributed by atoms with van der Waals surface area (Å²) in [5, 5.41) is 2.90. The molecule has 1 amide bonds. The number of para-hydroxylation sites is 2. The van der Waals surface area contributed by atoms with Crippen LogP contribution in [-0.2, 0) is 17.9 Å². The second kappa shape index (κ2) is 7.64. The van der Waals surface area contributed by atoms with Crippen LogP contribution in [0.25, 0.3) is 22.4 Å². The molecule has 4 aromatic rings. The highest BCUT2D eigenvalue weighted by Gasteiger charge is 2.16. The fraction of sp³-hybridized carbons (Fsp3) is 0.130. The average molecular weight is 373 g/mol. The van der Waals surface area contributed by atoms with Crippen molar-refractivity contribution in [3.63, 3.8) is 0 Å². The highest BCUT2D eigenvalue weighted by molar-refractivity contribution is 5.85. The van der Waals surface area contributed by atoms with Crippen LogP contribution in [0.5, 0.6) is 0 Å². The van der Waals surface area contributed by atoms with Crippen molar-refractivity contribution in [3.05, 3.63) is 89.7 Å². The number of halogens is 1. The van der Waals surface area contributed by atoms with Crippen molar-refractivity contribution in [1.29, 1.82) is 0 Å². The number of benzene rings is 3. The summed E-state index contributed by atoms with van der Waals surface area (Å²) in [7, 11) is 0. The van der Waals surface area contributed by atoms with Crippen LogP contribution >= 0.6 is 0 Å². The summed E-state index contributed by atoms with van der Waals surface area (Å²) in [6.07, 6.45) is 0. The molecule has 5 heteroatoms. The van der Waals surface area contributed by atoms with E-state index < -0.39 is 0 Å². The van der Waals surface area contributed by atoms with E-state index >= 15 is 0 Å². The maximum Gasteiger partial charge on any atom is 0.240 e. The van der Waals surface area contributed by atoms with Gasteiger partial charge in [-0.1, -0.05) is 48.5 Å². The van der Waals surface area contributed by atoms with Crippen LogP contribution in [0, 0.1) is 12.7 Å². The molecule has 0 aliphatic rings. The molecule has 0 aliphatic heterocycles. The van der Waals surface area contributed by atoms with Gasteiger partial charge < -0.3 is 9.88 Å². The van der Waals surface area contributed by atoms with E-state index in [-0.39, 0.29) is 18.3 Å². The van der Waals surface area contributed by atoms with Gasteiger partial charge in [0.05, 0.1) is 11.0 Å². The van der Waals surface area contributed by atoms with Gasteiger partial charge in [-0.05, 0) is 42.3 Å². The lowest BCUT2D eigenvalue weighted by Crippen LogP contribution is -2.27. The van der Waals surface area contributed by atoms with Crippen LogP contribution in [0.1, 0.15) is 11.1 Å². The molecular formula is C23H20FN3O. The predicted octanol–water partition coefficient (Wildman–Crippen LogP) is 4.47. The fourth-order valence-electron chi connectivity index (χ4n) is 3.27. The summed E-state index contributed by atoms with van der Waals surface area (Å²) in [4.78, 5) is 17.4. The number of aryl methyl sites for hydroxylation is 1. The van der Waals surface area contributed by atoms with Gasteiger partial charge in [0.15, 0.2) is 0 Å². The summed E-state index contributed by atoms with van der Waals surface area (Å²) in [5.41, 5.74) is 4.73. The molecule has 3 aromatic carbocycles. The number of hydrogen-bond acceptors (Lipinski definition) is 2. The number of nitrogens with one attached hydrogen (secondary N) is 1. The maximum atomic E-state index is 13.0. The lowest BCUT2D eigenvalue weighted by Gasteiger charge is -2.11. The predicted molar refractivity (Wildman–Crippen MR) is 108 cm³/mol. The number of rotatable bonds is 5. The molecule has 0 fully saturated rings. The zero-order chi connectivity index (χ0) is 19.5. The first-order valence-corrected chi connectivity index (χ1v) is 9.14. The Bertz CT molecular complexity index is 1130. The number of carbonyl (C=O) groups is 1. The zero-order valence-corrected chi connectivity index (χ0v) is 15.5. The van der Waals surface area contributed by atoms with E-state index in [1.165, 1.54) is 12.1 Å². The normalized spacial score (nSPS) is 10.9. The second-order valence-electron chi connectivity index (χ2n) is 6.73. The van der Waals surface area contributed by atoms with Gasteiger partial charge in [0, 0.05) is 12.1 Å². The van der Waals surface area contributed by atoms with Crippen molar-refractivity contribution in [1.82, 2.24) is 14.9 Å². The monoisotopic (exact) mass is 373 g/mol. The Morgan fingerprint density at radius 2 is 1.71 bits per heavy atom. The molecule has 0 unspecified atom stereocenters. The third-order valence-electron chi connectivity index (χ3n) is 4.75. The molecule has 0 radical (unpaired) electrons. The molecule has 0 atom stereocenters. The molecule has 0 spiro atoms. The van der Waals surface area contributed by atoms with Crippen molar-refractivity contribution in [3.8, 4) is 11.4 Å². The van der Waals surface area contributed by atoms with Gasteiger partial charge in [0.2, 0.25) is 5.91 Å². The minimum Gasteiger partial charge on any atom is -0.350 e. The van der Waals surface area contributed by atoms with Crippen LogP contribution < -0.4 is 5.32 Å². The van der Waals surface area contributed by atoms with Gasteiger partial charge in [-0.15, -0.1) is 0 Å². The van der Waals surface area contributed by atoms with E-state index in [2.05, 4.69) is 5.32 Å². The van der Waals surface area contributed by atoms with Crippen LogP contribution in [0.4, 0.5) is 4.39 Å². The van der Waals surface area contributed by atoms with E-state index in [0.717, 1.165) is 33.5 Å². The fourth-order valence-corrected chi connectivity index (χ4v) is 3.27. The molecule has 140 valence electrons. The Balaban J connectivity index is 1.62. The van der Waals surface area contributed by atoms with E-state index in [9.17, 15) is 9.18 Å². The van der Waals surface area contributed by atoms with Gasteiger partial charge in [-0.2, -0.15) is 0 Å². The number of aromatic nitrogens is 2. The molecule has 4 nitrogen and oxygen atoms in total. The molecule has 1 N–H and O–H groups in total. The quantitative estimate of drug-likeness (QED) is 0.561. The van der Waals surface area contributed by atoms with Crippen molar-refractivity contribution >= 4 is 16.9 Å². The number of hydrogen-bond donors (Lipinski definition) is 1. The Morgan fingerprint density at radius 3 is 2.50 bits per heavy atom. The molecule has 1 aromatic heterocycles. The molecule has 0 saturated carbocycles. The molecule has 0 bridgehead atoms. The van der Waals surface area contributed by atoms with Gasteiger partial charge in [0.1, 0.15) is 18.2 Å². The standard InChI is InChI=1S/C23H20FN3O/c1-16-6-2-3-7-19(16)23-26-20-8-4-5-9-21(20)27(23)15-22(28)25-14-17-10-12-18(24)13-11-17/h2-13H,14-15H2,1H3,(H,25,28). The maximum absolute atomic E-state index is 13.0. The summed E-state index contributed by atoms with van der Waals surface area (Å²) >= 11 is 0. The van der Waals surface area contributed by atoms with Crippen molar-refractivity contribution in [2.75, 3.05) is 0 Å². The molecule has 28 heavy (non-hydrogen) atoms. The average Bonchev–Trinajstić information content (AvgIpc) is 3.06. The summed E-state index contributed by atoms with van der Waals surface area (Å²) in [6, 6.07) is 21.9. The first-order valence-electron chi connectivity index (χ1n) is 9.14. The van der Waals surface area contributed by atoms with Crippen LogP contribution in [0.15, 0.2) is 72.8 Å². The summed E-state index contributed by atoms with van der Waals surface area (Å²) in [6.45, 7) is 2.55. The second-order valence-corrected chi connectivity index (χ2v) is 6.73. The van der Waals surface area contributed by atoms with E-state index in [0.29, 0.717) is 6.54 Å². The highest BCUT2D eigenvalue weighted by atomic mass is 19.1. The summed E-state index contributed by atoms with van der Waals surface area (Å²) in [5.74, 6) is 0.362. The Kier molecular flexibility index (Phi) is 4.89. The van der Waals surface area contributed by atoms with Gasteiger partial charge in [-0.3, -0.25) is 4.79 Å². The summed E-state index contributed by atoms with van der Waals surface area (Å²) < 4.78 is 15.0. The van der Waals surface area contributed by atoms with E-state index in [1.54, 1.807) is 12.1 Å². The van der Waals surface area contributed by atoms with Crippen LogP contribution in [0.2, 0.25) is 0 Å². The molecular weight excluding hydrogens is 353 g/mol. The molecule has 0 aliphatic carbocycles. The number of carbonyl (C=O) groups excluding carboxylic acids is 1. The highest BCUT2D eigenvalue weighted by Crippen LogP contribution is 2.27. The Labute approximate surface area is 162 Å². The van der Waals surface area contributed by atoms with Crippen LogP contribution in [-0.4, -0.2) is 15.5 Å². The molecule has 0 saturated heterocycles. The number of imidazole rings is 1. The SMILES string of the molecule is Cc1ccccc1-c1nc2ccccc2n1CC(=O)NCc1ccc(F)cc1. The third-order valence-corrected chi connectivity index (χ3v) is 4.75. The van der Waals surface area contributed by atoms with Gasteiger partial charge >= 0.3 is 0 Å². The smallest absolute Gasteiger partial charge is 0.240 e. The molecule has 1 heterocycles. The third kappa shape index (κ3) is 3.64. The van der Waals surface area contributed by atoms with E-state index in [1.807, 2.05) is 60.0 Å². The van der Waals surface area contributed by atoms with Crippen molar-refractivity contribution < 1.29 is 9.18 Å². The van der Waals surface area contributed by atoms with Crippen LogP contribution in [0.3, 0.4) is 0 Å². The Morgan fingerprint density at radius 1 is 1.00 bits per heavy atom. The topological polar surface area (TPSA) is 46.9 Å². The van der Waals surface area contributed by atoms with E-state index in [4.69, 9.17) is 4.98 Å². The minimum absolute atomic E-state index is 0.123. The lowest BCUT2D eigenvalue weighted by molar-refractivity contribution is -0.121. The molecule has 4 rings (SSSR count). The number of fused-ring (bicyclic) bond motifs is 1. The Hall–Kier alpha value is -3.47. The first kappa shape index (κ1) is 17.9. The zero-order valence-electron chi connectivity index (χ0n) is 15.5.